The molecule has 22 heavy (non-hydrogen) atoms. The van der Waals surface area contributed by atoms with E-state index >= 15 is 0 Å². The molecule has 1 heterocycles. The van der Waals surface area contributed by atoms with Crippen LogP contribution in [0.25, 0.3) is 0 Å². The number of allylic oxidation sites excluding steroid dienone is 2. The third kappa shape index (κ3) is 3.45. The number of nitrogens with zero attached hydrogens (tertiary/aromatic N) is 1. The summed E-state index contributed by atoms with van der Waals surface area (Å²) in [6.07, 6.45) is 4.71. The SMILES string of the molecule is O=C1CC(c2ccccc2)CC(O)=C1C=NC[C@@H]1CCCO1. The van der Waals surface area contributed by atoms with Gasteiger partial charge < -0.3 is 9.84 Å². The van der Waals surface area contributed by atoms with Crippen molar-refractivity contribution in [1.82, 2.24) is 0 Å². The second-order valence-corrected chi connectivity index (χ2v) is 5.93. The molecule has 4 heteroatoms. The van der Waals surface area contributed by atoms with E-state index in [2.05, 4.69) is 4.99 Å². The molecule has 0 bridgehead atoms. The first-order valence-corrected chi connectivity index (χ1v) is 7.85. The molecule has 1 aromatic rings. The molecule has 0 amide bonds. The lowest BCUT2D eigenvalue weighted by atomic mass is 9.83. The molecular weight excluding hydrogens is 278 g/mol. The first kappa shape index (κ1) is 15.0. The Hall–Kier alpha value is -1.94. The number of rotatable bonds is 4. The van der Waals surface area contributed by atoms with E-state index in [1.807, 2.05) is 30.3 Å². The van der Waals surface area contributed by atoms with Gasteiger partial charge >= 0.3 is 0 Å². The number of hydrogen-bond acceptors (Lipinski definition) is 4. The second kappa shape index (κ2) is 6.88. The van der Waals surface area contributed by atoms with Gasteiger partial charge in [0.15, 0.2) is 5.78 Å². The molecule has 0 radical (unpaired) electrons. The molecule has 2 atom stereocenters. The highest BCUT2D eigenvalue weighted by atomic mass is 16.5. The quantitative estimate of drug-likeness (QED) is 0.869. The minimum absolute atomic E-state index is 0.0336. The van der Waals surface area contributed by atoms with Gasteiger partial charge in [-0.25, -0.2) is 0 Å². The average Bonchev–Trinajstić information content (AvgIpc) is 3.04. The fourth-order valence-corrected chi connectivity index (χ4v) is 3.07. The summed E-state index contributed by atoms with van der Waals surface area (Å²) in [5, 5.41) is 10.2. The zero-order valence-corrected chi connectivity index (χ0v) is 12.6. The smallest absolute Gasteiger partial charge is 0.168 e. The fourth-order valence-electron chi connectivity index (χ4n) is 3.07. The topological polar surface area (TPSA) is 58.9 Å². The Morgan fingerprint density at radius 3 is 2.77 bits per heavy atom. The molecule has 4 nitrogen and oxygen atoms in total. The highest BCUT2D eigenvalue weighted by molar-refractivity contribution is 6.14. The van der Waals surface area contributed by atoms with Crippen molar-refractivity contribution in [3.8, 4) is 0 Å². The Bertz CT molecular complexity index is 586. The number of ketones is 1. The highest BCUT2D eigenvalue weighted by Gasteiger charge is 2.27. The fraction of sp³-hybridized carbons (Fsp3) is 0.444. The highest BCUT2D eigenvalue weighted by Crippen LogP contribution is 2.32. The number of Topliss-reactive ketones (excluding diaryl/α,β-unsaturated/α-hetero) is 1. The van der Waals surface area contributed by atoms with Crippen LogP contribution in [-0.2, 0) is 9.53 Å². The zero-order valence-electron chi connectivity index (χ0n) is 12.6. The van der Waals surface area contributed by atoms with Crippen LogP contribution in [0.5, 0.6) is 0 Å². The van der Waals surface area contributed by atoms with Crippen LogP contribution in [0.3, 0.4) is 0 Å². The molecule has 1 unspecified atom stereocenters. The standard InChI is InChI=1S/C18H21NO3/c20-17-9-14(13-5-2-1-3-6-13)10-18(21)16(17)12-19-11-15-7-4-8-22-15/h1-3,5-6,12,14-15,20H,4,7-11H2/t14?,15-/m0/s1. The molecular formula is C18H21NO3. The maximum absolute atomic E-state index is 12.3. The van der Waals surface area contributed by atoms with Gasteiger partial charge in [0.1, 0.15) is 5.76 Å². The number of ether oxygens (including phenoxy) is 1. The van der Waals surface area contributed by atoms with Crippen molar-refractivity contribution in [2.24, 2.45) is 4.99 Å². The largest absolute Gasteiger partial charge is 0.511 e. The molecule has 3 rings (SSSR count). The van der Waals surface area contributed by atoms with E-state index < -0.39 is 0 Å². The molecule has 0 aromatic heterocycles. The summed E-state index contributed by atoms with van der Waals surface area (Å²) < 4.78 is 5.49. The van der Waals surface area contributed by atoms with Crippen molar-refractivity contribution in [3.05, 3.63) is 47.2 Å². The van der Waals surface area contributed by atoms with Crippen LogP contribution >= 0.6 is 0 Å². The molecule has 116 valence electrons. The minimum atomic E-state index is -0.0336. The van der Waals surface area contributed by atoms with Gasteiger partial charge in [-0.2, -0.15) is 0 Å². The summed E-state index contributed by atoms with van der Waals surface area (Å²) in [6, 6.07) is 9.87. The number of hydrogen-bond donors (Lipinski definition) is 1. The molecule has 1 aromatic carbocycles. The summed E-state index contributed by atoms with van der Waals surface area (Å²) in [5.41, 5.74) is 1.46. The number of benzene rings is 1. The minimum Gasteiger partial charge on any atom is -0.511 e. The van der Waals surface area contributed by atoms with Gasteiger partial charge in [0.2, 0.25) is 0 Å². The van der Waals surface area contributed by atoms with Crippen LogP contribution in [0.4, 0.5) is 0 Å². The first-order valence-electron chi connectivity index (χ1n) is 7.85. The summed E-state index contributed by atoms with van der Waals surface area (Å²) in [5.74, 6) is 0.180. The van der Waals surface area contributed by atoms with Crippen molar-refractivity contribution in [2.75, 3.05) is 13.2 Å². The maximum Gasteiger partial charge on any atom is 0.168 e. The predicted molar refractivity (Wildman–Crippen MR) is 85.4 cm³/mol. The third-order valence-electron chi connectivity index (χ3n) is 4.31. The Morgan fingerprint density at radius 2 is 2.09 bits per heavy atom. The van der Waals surface area contributed by atoms with E-state index in [0.717, 1.165) is 25.0 Å². The lowest BCUT2D eigenvalue weighted by molar-refractivity contribution is -0.116. The van der Waals surface area contributed by atoms with Crippen molar-refractivity contribution >= 4 is 12.0 Å². The van der Waals surface area contributed by atoms with Gasteiger partial charge in [-0.1, -0.05) is 30.3 Å². The molecule has 2 aliphatic rings. The van der Waals surface area contributed by atoms with Crippen LogP contribution < -0.4 is 0 Å². The molecule has 1 saturated heterocycles. The van der Waals surface area contributed by atoms with Gasteiger partial charge in [-0.15, -0.1) is 0 Å². The van der Waals surface area contributed by atoms with Crippen LogP contribution in [-0.4, -0.2) is 36.4 Å². The molecule has 0 spiro atoms. The van der Waals surface area contributed by atoms with E-state index in [-0.39, 0.29) is 23.6 Å². The van der Waals surface area contributed by atoms with Crippen LogP contribution in [0.15, 0.2) is 46.7 Å². The van der Waals surface area contributed by atoms with Gasteiger partial charge in [0, 0.05) is 25.7 Å². The van der Waals surface area contributed by atoms with Gasteiger partial charge in [-0.3, -0.25) is 9.79 Å². The van der Waals surface area contributed by atoms with Crippen molar-refractivity contribution in [2.45, 2.75) is 37.7 Å². The number of carbonyl (C=O) groups is 1. The average molecular weight is 299 g/mol. The lowest BCUT2D eigenvalue weighted by Crippen LogP contribution is -2.19. The third-order valence-corrected chi connectivity index (χ3v) is 4.31. The molecule has 1 aliphatic carbocycles. The van der Waals surface area contributed by atoms with Crippen LogP contribution in [0, 0.1) is 0 Å². The normalized spacial score (nSPS) is 26.1. The number of aliphatic imine (C=N–C) groups is 1. The lowest BCUT2D eigenvalue weighted by Gasteiger charge is -2.22. The summed E-state index contributed by atoms with van der Waals surface area (Å²) in [4.78, 5) is 16.6. The van der Waals surface area contributed by atoms with Crippen molar-refractivity contribution in [1.29, 1.82) is 0 Å². The zero-order chi connectivity index (χ0) is 15.4. The van der Waals surface area contributed by atoms with Crippen molar-refractivity contribution in [3.63, 3.8) is 0 Å². The number of carbonyl (C=O) groups excluding carboxylic acids is 1. The van der Waals surface area contributed by atoms with Gasteiger partial charge in [-0.05, 0) is 24.3 Å². The van der Waals surface area contributed by atoms with Crippen molar-refractivity contribution < 1.29 is 14.6 Å². The number of aliphatic hydroxyl groups is 1. The summed E-state index contributed by atoms with van der Waals surface area (Å²) in [7, 11) is 0. The Morgan fingerprint density at radius 1 is 1.27 bits per heavy atom. The predicted octanol–water partition coefficient (Wildman–Crippen LogP) is 3.20. The second-order valence-electron chi connectivity index (χ2n) is 5.93. The van der Waals surface area contributed by atoms with E-state index in [1.165, 1.54) is 6.21 Å². The molecule has 0 saturated carbocycles. The van der Waals surface area contributed by atoms with E-state index in [0.29, 0.717) is 25.0 Å². The molecule has 1 N–H and O–H groups in total. The van der Waals surface area contributed by atoms with Gasteiger partial charge in [0.25, 0.3) is 0 Å². The Balaban J connectivity index is 1.67. The van der Waals surface area contributed by atoms with E-state index in [4.69, 9.17) is 4.74 Å². The first-order chi connectivity index (χ1) is 10.7. The Labute approximate surface area is 130 Å². The molecule has 1 aliphatic heterocycles. The van der Waals surface area contributed by atoms with Crippen LogP contribution in [0.1, 0.15) is 37.2 Å². The summed E-state index contributed by atoms with van der Waals surface area (Å²) >= 11 is 0. The van der Waals surface area contributed by atoms with Gasteiger partial charge in [0.05, 0.1) is 18.2 Å². The maximum atomic E-state index is 12.3. The van der Waals surface area contributed by atoms with Crippen LogP contribution in [0.2, 0.25) is 0 Å². The monoisotopic (exact) mass is 299 g/mol. The Kier molecular flexibility index (Phi) is 4.68. The van der Waals surface area contributed by atoms with E-state index in [1.54, 1.807) is 0 Å². The number of aliphatic hydroxyl groups excluding tert-OH is 1. The summed E-state index contributed by atoms with van der Waals surface area (Å²) in [6.45, 7) is 1.36. The molecule has 1 fully saturated rings. The van der Waals surface area contributed by atoms with E-state index in [9.17, 15) is 9.90 Å².